The Hall–Kier alpha value is -3.74. The molecule has 2 N–H and O–H groups in total. The van der Waals surface area contributed by atoms with Crippen molar-refractivity contribution in [1.82, 2.24) is 20.0 Å². The lowest BCUT2D eigenvalue weighted by Gasteiger charge is -2.42. The number of likely N-dealkylation sites (N-methyl/N-ethyl adjacent to an activating group) is 1. The van der Waals surface area contributed by atoms with Gasteiger partial charge in [-0.05, 0) is 67.8 Å². The van der Waals surface area contributed by atoms with Gasteiger partial charge in [-0.15, -0.1) is 0 Å². The first-order chi connectivity index (χ1) is 18.9. The third-order valence-electron chi connectivity index (χ3n) is 9.30. The highest BCUT2D eigenvalue weighted by Gasteiger charge is 2.65. The Balaban J connectivity index is 1.04. The number of amides is 1. The van der Waals surface area contributed by atoms with Crippen LogP contribution in [0.5, 0.6) is 0 Å². The number of carbonyl (C=O) groups is 1. The number of nitrogens with zero attached hydrogens (tertiary/aromatic N) is 3. The van der Waals surface area contributed by atoms with E-state index in [1.165, 1.54) is 11.1 Å². The van der Waals surface area contributed by atoms with Gasteiger partial charge < -0.3 is 5.32 Å². The van der Waals surface area contributed by atoms with E-state index in [0.717, 1.165) is 59.5 Å². The molecule has 2 fully saturated rings. The minimum Gasteiger partial charge on any atom is -0.325 e. The molecule has 2 aliphatic heterocycles. The summed E-state index contributed by atoms with van der Waals surface area (Å²) in [6.07, 6.45) is 5.06. The van der Waals surface area contributed by atoms with Crippen molar-refractivity contribution >= 4 is 34.6 Å². The van der Waals surface area contributed by atoms with Gasteiger partial charge in [0.05, 0.1) is 16.6 Å². The zero-order valence-corrected chi connectivity index (χ0v) is 22.8. The Kier molecular flexibility index (Phi) is 5.72. The van der Waals surface area contributed by atoms with Crippen LogP contribution < -0.4 is 5.32 Å². The van der Waals surface area contributed by atoms with E-state index in [4.69, 9.17) is 0 Å². The maximum Gasteiger partial charge on any atom is 0.235 e. The number of hydrogen-bond donors (Lipinski definition) is 2. The summed E-state index contributed by atoms with van der Waals surface area (Å²) in [6.45, 7) is 7.84. The number of anilines is 1. The maximum atomic E-state index is 12.9. The van der Waals surface area contributed by atoms with Gasteiger partial charge >= 0.3 is 0 Å². The molecule has 198 valence electrons. The van der Waals surface area contributed by atoms with Crippen molar-refractivity contribution in [1.29, 1.82) is 0 Å². The molecule has 3 heterocycles. The number of piperazine rings is 1. The van der Waals surface area contributed by atoms with Crippen molar-refractivity contribution in [2.24, 2.45) is 0 Å². The molecule has 6 nitrogen and oxygen atoms in total. The zero-order chi connectivity index (χ0) is 26.7. The second-order valence-corrected chi connectivity index (χ2v) is 11.8. The number of aromatic nitrogens is 2. The monoisotopic (exact) mass is 517 g/mol. The van der Waals surface area contributed by atoms with Gasteiger partial charge in [-0.3, -0.25) is 19.7 Å². The topological polar surface area (TPSA) is 64.3 Å². The minimum absolute atomic E-state index is 0.126. The summed E-state index contributed by atoms with van der Waals surface area (Å²) in [6, 6.07) is 24.6. The smallest absolute Gasteiger partial charge is 0.235 e. The van der Waals surface area contributed by atoms with E-state index in [-0.39, 0.29) is 11.8 Å². The third kappa shape index (κ3) is 4.10. The fourth-order valence-corrected chi connectivity index (χ4v) is 6.76. The molecule has 1 aliphatic carbocycles. The lowest BCUT2D eigenvalue weighted by molar-refractivity contribution is -0.118. The van der Waals surface area contributed by atoms with Gasteiger partial charge in [-0.1, -0.05) is 60.7 Å². The van der Waals surface area contributed by atoms with Gasteiger partial charge in [-0.25, -0.2) is 0 Å². The van der Waals surface area contributed by atoms with Crippen LogP contribution in [0.15, 0.2) is 66.7 Å². The van der Waals surface area contributed by atoms with Gasteiger partial charge in [0.2, 0.25) is 5.91 Å². The Bertz CT molecular complexity index is 1580. The molecule has 1 saturated carbocycles. The summed E-state index contributed by atoms with van der Waals surface area (Å²) in [5, 5.41) is 12.0. The van der Waals surface area contributed by atoms with Crippen LogP contribution in [-0.2, 0) is 16.8 Å². The molecule has 7 rings (SSSR count). The van der Waals surface area contributed by atoms with Gasteiger partial charge in [0.15, 0.2) is 0 Å². The number of rotatable bonds is 5. The van der Waals surface area contributed by atoms with Gasteiger partial charge in [0, 0.05) is 48.7 Å². The quantitative estimate of drug-likeness (QED) is 0.360. The highest BCUT2D eigenvalue weighted by atomic mass is 16.2. The van der Waals surface area contributed by atoms with Crippen LogP contribution in [0, 0.1) is 0 Å². The molecule has 1 saturated heterocycles. The average Bonchev–Trinajstić information content (AvgIpc) is 3.47. The van der Waals surface area contributed by atoms with E-state index in [2.05, 4.69) is 107 Å². The van der Waals surface area contributed by atoms with Crippen LogP contribution in [-0.4, -0.2) is 58.1 Å². The molecule has 4 aromatic rings. The number of nitrogens with one attached hydrogen (secondary N) is 2. The average molecular weight is 518 g/mol. The summed E-state index contributed by atoms with van der Waals surface area (Å²) in [7, 11) is 2.23. The van der Waals surface area contributed by atoms with Crippen LogP contribution in [0.1, 0.15) is 54.1 Å². The van der Waals surface area contributed by atoms with Gasteiger partial charge in [0.1, 0.15) is 0 Å². The van der Waals surface area contributed by atoms with Gasteiger partial charge in [0.25, 0.3) is 0 Å². The van der Waals surface area contributed by atoms with E-state index in [1.807, 2.05) is 18.2 Å². The molecule has 0 radical (unpaired) electrons. The summed E-state index contributed by atoms with van der Waals surface area (Å²) in [5.74, 6) is 0.323. The van der Waals surface area contributed by atoms with Gasteiger partial charge in [-0.2, -0.15) is 5.10 Å². The second kappa shape index (κ2) is 9.18. The first kappa shape index (κ1) is 24.3. The lowest BCUT2D eigenvalue weighted by Crippen LogP contribution is -2.54. The summed E-state index contributed by atoms with van der Waals surface area (Å²) < 4.78 is 0. The molecule has 0 bridgehead atoms. The molecule has 6 heteroatoms. The molecule has 3 aliphatic rings. The fraction of sp³-hybridized carbons (Fsp3) is 0.333. The van der Waals surface area contributed by atoms with Crippen molar-refractivity contribution in [2.75, 3.05) is 25.5 Å². The first-order valence-electron chi connectivity index (χ1n) is 14.0. The zero-order valence-electron chi connectivity index (χ0n) is 22.8. The van der Waals surface area contributed by atoms with E-state index in [0.29, 0.717) is 12.1 Å². The van der Waals surface area contributed by atoms with Crippen molar-refractivity contribution in [3.63, 3.8) is 0 Å². The number of benzene rings is 3. The van der Waals surface area contributed by atoms with Crippen molar-refractivity contribution in [2.45, 2.75) is 50.2 Å². The molecule has 39 heavy (non-hydrogen) atoms. The van der Waals surface area contributed by atoms with Crippen molar-refractivity contribution < 1.29 is 4.79 Å². The van der Waals surface area contributed by atoms with Crippen LogP contribution in [0.25, 0.3) is 23.1 Å². The number of aromatic amines is 1. The summed E-state index contributed by atoms with van der Waals surface area (Å²) in [4.78, 5) is 17.9. The van der Waals surface area contributed by atoms with Crippen LogP contribution in [0.4, 0.5) is 5.69 Å². The molecule has 1 aromatic heterocycles. The van der Waals surface area contributed by atoms with Crippen molar-refractivity contribution in [3.8, 4) is 0 Å². The Morgan fingerprint density at radius 3 is 2.56 bits per heavy atom. The first-order valence-corrected chi connectivity index (χ1v) is 14.0. The van der Waals surface area contributed by atoms with Crippen LogP contribution in [0.3, 0.4) is 0 Å². The largest absolute Gasteiger partial charge is 0.325 e. The van der Waals surface area contributed by atoms with E-state index < -0.39 is 5.41 Å². The number of H-pyrrole nitrogens is 1. The number of fused-ring (bicyclic) bond motifs is 3. The normalized spacial score (nSPS) is 26.9. The summed E-state index contributed by atoms with van der Waals surface area (Å²) >= 11 is 0. The van der Waals surface area contributed by atoms with Crippen molar-refractivity contribution in [3.05, 3.63) is 94.7 Å². The number of para-hydroxylation sites is 1. The minimum atomic E-state index is -0.417. The highest BCUT2D eigenvalue weighted by Crippen LogP contribution is 2.64. The Labute approximate surface area is 229 Å². The van der Waals surface area contributed by atoms with Crippen LogP contribution in [0.2, 0.25) is 0 Å². The highest BCUT2D eigenvalue weighted by molar-refractivity contribution is 6.09. The predicted octanol–water partition coefficient (Wildman–Crippen LogP) is 5.64. The predicted molar refractivity (Wildman–Crippen MR) is 158 cm³/mol. The Morgan fingerprint density at radius 1 is 1.00 bits per heavy atom. The molecule has 1 amide bonds. The molecular weight excluding hydrogens is 482 g/mol. The van der Waals surface area contributed by atoms with E-state index in [1.54, 1.807) is 0 Å². The molecule has 1 spiro atoms. The van der Waals surface area contributed by atoms with Crippen LogP contribution >= 0.6 is 0 Å². The standard InChI is InChI=1S/C33H35N5O/c1-21-18-38(19-22(2)37(21)3)20-24-10-8-23(9-11-24)12-15-29-26-14-13-25(16-31(26)36-35-29)28-17-33(28)27-6-4-5-7-30(27)34-32(33)39/h4-16,21-22,28H,17-20H2,1-3H3,(H,34,39)(H,35,36)/b15-12+/t21-,22+,28-,33-/m0/s1. The Morgan fingerprint density at radius 2 is 1.77 bits per heavy atom. The summed E-state index contributed by atoms with van der Waals surface area (Å²) in [5.41, 5.74) is 7.31. The SMILES string of the molecule is C[C@@H]1CN(Cc2ccc(/C=C/c3n[nH]c4cc([C@@H]5C[C@@]56C(=O)Nc5ccccc56)ccc34)cc2)C[C@H](C)N1C. The molecule has 3 aromatic carbocycles. The van der Waals surface area contributed by atoms with E-state index >= 15 is 0 Å². The molecular formula is C33H35N5O. The fourth-order valence-electron chi connectivity index (χ4n) is 6.76. The molecule has 4 atom stereocenters. The van der Waals surface area contributed by atoms with E-state index in [9.17, 15) is 4.79 Å². The second-order valence-electron chi connectivity index (χ2n) is 11.8. The number of hydrogen-bond acceptors (Lipinski definition) is 4. The number of carbonyl (C=O) groups excluding carboxylic acids is 1. The molecule has 0 unspecified atom stereocenters. The maximum absolute atomic E-state index is 12.9. The lowest BCUT2D eigenvalue weighted by atomic mass is 9.92. The third-order valence-corrected chi connectivity index (χ3v) is 9.30.